The normalized spacial score (nSPS) is 19.0. The van der Waals surface area contributed by atoms with Gasteiger partial charge in [-0.1, -0.05) is 18.2 Å². The molecule has 0 saturated carbocycles. The summed E-state index contributed by atoms with van der Waals surface area (Å²) in [5.74, 6) is 2.69. The van der Waals surface area contributed by atoms with Gasteiger partial charge in [0.2, 0.25) is 0 Å². The predicted molar refractivity (Wildman–Crippen MR) is 113 cm³/mol. The summed E-state index contributed by atoms with van der Waals surface area (Å²) in [6.45, 7) is 4.42. The van der Waals surface area contributed by atoms with Crippen LogP contribution in [0.1, 0.15) is 19.8 Å². The molecular weight excluding hydrogens is 441 g/mol. The molecule has 1 fully saturated rings. The lowest BCUT2D eigenvalue weighted by Gasteiger charge is -2.12. The Morgan fingerprint density at radius 2 is 2.13 bits per heavy atom. The molecule has 1 aliphatic rings. The fraction of sp³-hybridized carbons (Fsp3) is 0.562. The van der Waals surface area contributed by atoms with Crippen molar-refractivity contribution in [2.24, 2.45) is 4.99 Å². The van der Waals surface area contributed by atoms with Crippen molar-refractivity contribution in [1.29, 1.82) is 0 Å². The lowest BCUT2D eigenvalue weighted by atomic mass is 10.2. The van der Waals surface area contributed by atoms with Crippen molar-refractivity contribution in [2.45, 2.75) is 29.9 Å². The standard InChI is InChI=1S/C16H25N3OS2.HI/c1-2-17-16(19-13-14-7-6-11-21-14)18-10-12-22(20)15-8-4-3-5-9-15;/h3-5,8-9,14H,2,6-7,10-13H2,1H3,(H2,17,18,19);1H. The van der Waals surface area contributed by atoms with E-state index in [9.17, 15) is 4.21 Å². The Hall–Kier alpha value is -0.280. The zero-order chi connectivity index (χ0) is 15.6. The van der Waals surface area contributed by atoms with E-state index in [0.29, 0.717) is 17.5 Å². The van der Waals surface area contributed by atoms with E-state index in [0.717, 1.165) is 23.9 Å². The topological polar surface area (TPSA) is 53.5 Å². The highest BCUT2D eigenvalue weighted by atomic mass is 127. The number of nitrogens with zero attached hydrogens (tertiary/aromatic N) is 1. The highest BCUT2D eigenvalue weighted by Crippen LogP contribution is 2.25. The number of benzene rings is 1. The second-order valence-corrected chi connectivity index (χ2v) is 8.12. The SMILES string of the molecule is CCNC(=NCC1CCCS1)NCCS(=O)c1ccccc1.I. The van der Waals surface area contributed by atoms with Gasteiger partial charge in [0.1, 0.15) is 0 Å². The van der Waals surface area contributed by atoms with E-state index < -0.39 is 10.8 Å². The van der Waals surface area contributed by atoms with Crippen molar-refractivity contribution in [2.75, 3.05) is 31.1 Å². The smallest absolute Gasteiger partial charge is 0.191 e. The quantitative estimate of drug-likeness (QED) is 0.368. The molecule has 2 atom stereocenters. The van der Waals surface area contributed by atoms with E-state index >= 15 is 0 Å². The van der Waals surface area contributed by atoms with E-state index in [2.05, 4.69) is 22.5 Å². The maximum absolute atomic E-state index is 12.2. The molecule has 4 nitrogen and oxygen atoms in total. The van der Waals surface area contributed by atoms with Gasteiger partial charge >= 0.3 is 0 Å². The van der Waals surface area contributed by atoms with Gasteiger partial charge in [0.15, 0.2) is 5.96 Å². The molecule has 0 aliphatic carbocycles. The predicted octanol–water partition coefficient (Wildman–Crippen LogP) is 2.86. The molecule has 1 aromatic rings. The molecule has 1 aromatic carbocycles. The first-order chi connectivity index (χ1) is 10.8. The second kappa shape index (κ2) is 12.1. The van der Waals surface area contributed by atoms with Crippen LogP contribution in [0.5, 0.6) is 0 Å². The third-order valence-electron chi connectivity index (χ3n) is 3.41. The minimum absolute atomic E-state index is 0. The summed E-state index contributed by atoms with van der Waals surface area (Å²) in [4.78, 5) is 5.52. The van der Waals surface area contributed by atoms with Crippen molar-refractivity contribution >= 4 is 52.5 Å². The lowest BCUT2D eigenvalue weighted by Crippen LogP contribution is -2.39. The summed E-state index contributed by atoms with van der Waals surface area (Å²) >= 11 is 2.02. The van der Waals surface area contributed by atoms with Gasteiger partial charge in [-0.2, -0.15) is 11.8 Å². The van der Waals surface area contributed by atoms with Gasteiger partial charge in [-0.25, -0.2) is 0 Å². The van der Waals surface area contributed by atoms with E-state index in [4.69, 9.17) is 0 Å². The first kappa shape index (κ1) is 20.8. The minimum atomic E-state index is -0.959. The maximum atomic E-state index is 12.2. The van der Waals surface area contributed by atoms with Gasteiger partial charge < -0.3 is 10.6 Å². The average Bonchev–Trinajstić information content (AvgIpc) is 3.06. The molecule has 0 bridgehead atoms. The lowest BCUT2D eigenvalue weighted by molar-refractivity contribution is 0.681. The molecule has 23 heavy (non-hydrogen) atoms. The van der Waals surface area contributed by atoms with Crippen molar-refractivity contribution in [3.63, 3.8) is 0 Å². The molecule has 0 aromatic heterocycles. The Bertz CT molecular complexity index is 493. The van der Waals surface area contributed by atoms with Crippen LogP contribution in [0.4, 0.5) is 0 Å². The zero-order valence-electron chi connectivity index (χ0n) is 13.5. The second-order valence-electron chi connectivity index (χ2n) is 5.14. The van der Waals surface area contributed by atoms with Gasteiger partial charge in [0.05, 0.1) is 17.3 Å². The average molecular weight is 467 g/mol. The Balaban J connectivity index is 0.00000264. The summed E-state index contributed by atoms with van der Waals surface area (Å²) < 4.78 is 12.2. The molecule has 2 rings (SSSR count). The molecule has 2 N–H and O–H groups in total. The molecule has 2 unspecified atom stereocenters. The summed E-state index contributed by atoms with van der Waals surface area (Å²) in [5.41, 5.74) is 0. The van der Waals surface area contributed by atoms with Crippen molar-refractivity contribution in [3.05, 3.63) is 30.3 Å². The third kappa shape index (κ3) is 7.89. The molecule has 1 saturated heterocycles. The molecule has 0 amide bonds. The summed E-state index contributed by atoms with van der Waals surface area (Å²) in [6.07, 6.45) is 2.58. The fourth-order valence-electron chi connectivity index (χ4n) is 2.28. The minimum Gasteiger partial charge on any atom is -0.357 e. The monoisotopic (exact) mass is 467 g/mol. The number of aliphatic imine (C=N–C) groups is 1. The Morgan fingerprint density at radius 3 is 2.78 bits per heavy atom. The number of rotatable bonds is 7. The molecular formula is C16H26IN3OS2. The van der Waals surface area contributed by atoms with Crippen LogP contribution in [0.3, 0.4) is 0 Å². The van der Waals surface area contributed by atoms with Crippen LogP contribution in [-0.4, -0.2) is 46.6 Å². The zero-order valence-corrected chi connectivity index (χ0v) is 17.5. The van der Waals surface area contributed by atoms with Crippen LogP contribution in [-0.2, 0) is 10.8 Å². The van der Waals surface area contributed by atoms with Gasteiger partial charge in [-0.3, -0.25) is 9.20 Å². The van der Waals surface area contributed by atoms with Crippen LogP contribution >= 0.6 is 35.7 Å². The van der Waals surface area contributed by atoms with Crippen LogP contribution in [0.2, 0.25) is 0 Å². The van der Waals surface area contributed by atoms with Crippen LogP contribution < -0.4 is 10.6 Å². The maximum Gasteiger partial charge on any atom is 0.191 e. The van der Waals surface area contributed by atoms with E-state index in [1.165, 1.54) is 18.6 Å². The number of hydrogen-bond donors (Lipinski definition) is 2. The van der Waals surface area contributed by atoms with Crippen LogP contribution in [0.15, 0.2) is 40.2 Å². The Kier molecular flexibility index (Phi) is 11.0. The van der Waals surface area contributed by atoms with Gasteiger partial charge in [-0.05, 0) is 37.7 Å². The van der Waals surface area contributed by atoms with Gasteiger partial charge in [0, 0.05) is 29.0 Å². The number of thioether (sulfide) groups is 1. The van der Waals surface area contributed by atoms with Crippen molar-refractivity contribution < 1.29 is 4.21 Å². The van der Waals surface area contributed by atoms with Crippen molar-refractivity contribution in [3.8, 4) is 0 Å². The first-order valence-electron chi connectivity index (χ1n) is 7.87. The van der Waals surface area contributed by atoms with Crippen LogP contribution in [0.25, 0.3) is 0 Å². The Labute approximate surface area is 163 Å². The van der Waals surface area contributed by atoms with Gasteiger partial charge in [0.25, 0.3) is 0 Å². The summed E-state index contributed by atoms with van der Waals surface area (Å²) in [6, 6.07) is 9.60. The number of halogens is 1. The van der Waals surface area contributed by atoms with Crippen molar-refractivity contribution in [1.82, 2.24) is 10.6 Å². The third-order valence-corrected chi connectivity index (χ3v) is 6.16. The highest BCUT2D eigenvalue weighted by molar-refractivity contribution is 14.0. The van der Waals surface area contributed by atoms with Gasteiger partial charge in [-0.15, -0.1) is 24.0 Å². The molecule has 1 heterocycles. The number of nitrogens with one attached hydrogen (secondary N) is 2. The fourth-order valence-corrected chi connectivity index (χ4v) is 4.44. The number of guanidine groups is 1. The van der Waals surface area contributed by atoms with E-state index in [-0.39, 0.29) is 24.0 Å². The van der Waals surface area contributed by atoms with Crippen LogP contribution in [0, 0.1) is 0 Å². The van der Waals surface area contributed by atoms with E-state index in [1.807, 2.05) is 42.1 Å². The molecule has 1 aliphatic heterocycles. The molecule has 130 valence electrons. The largest absolute Gasteiger partial charge is 0.357 e. The first-order valence-corrected chi connectivity index (χ1v) is 10.2. The highest BCUT2D eigenvalue weighted by Gasteiger charge is 2.15. The summed E-state index contributed by atoms with van der Waals surface area (Å²) in [7, 11) is -0.959. The summed E-state index contributed by atoms with van der Waals surface area (Å²) in [5, 5.41) is 7.19. The Morgan fingerprint density at radius 1 is 1.35 bits per heavy atom. The molecule has 0 spiro atoms. The molecule has 0 radical (unpaired) electrons. The van der Waals surface area contributed by atoms with E-state index in [1.54, 1.807) is 0 Å². The molecule has 7 heteroatoms. The number of hydrogen-bond acceptors (Lipinski definition) is 3.